The molecule has 0 aliphatic carbocycles. The van der Waals surface area contributed by atoms with Crippen molar-refractivity contribution in [2.45, 2.75) is 18.7 Å². The third-order valence-electron chi connectivity index (χ3n) is 2.89. The predicted octanol–water partition coefficient (Wildman–Crippen LogP) is 2.04. The van der Waals surface area contributed by atoms with Crippen LogP contribution in [0.15, 0.2) is 21.5 Å². The summed E-state index contributed by atoms with van der Waals surface area (Å²) in [6, 6.07) is 4.09. The minimum absolute atomic E-state index is 0.0124. The molecule has 0 fully saturated rings. The summed E-state index contributed by atoms with van der Waals surface area (Å²) in [6.45, 7) is 4.90. The number of halogens is 1. The van der Waals surface area contributed by atoms with Crippen molar-refractivity contribution < 1.29 is 14.3 Å². The Morgan fingerprint density at radius 2 is 1.91 bits per heavy atom. The molecule has 0 bridgehead atoms. The Hall–Kier alpha value is -1.05. The second-order valence-corrected chi connectivity index (χ2v) is 6.65. The maximum absolute atomic E-state index is 11.8. The zero-order valence-corrected chi connectivity index (χ0v) is 15.4. The highest BCUT2D eigenvalue weighted by Crippen LogP contribution is 2.28. The fourth-order valence-electron chi connectivity index (χ4n) is 1.64. The van der Waals surface area contributed by atoms with Crippen molar-refractivity contribution >= 4 is 39.5 Å². The van der Waals surface area contributed by atoms with Crippen LogP contribution in [0, 0.1) is 13.8 Å². The van der Waals surface area contributed by atoms with Crippen molar-refractivity contribution in [2.75, 3.05) is 32.6 Å². The van der Waals surface area contributed by atoms with Gasteiger partial charge in [0.2, 0.25) is 11.8 Å². The van der Waals surface area contributed by atoms with Crippen LogP contribution < -0.4 is 10.6 Å². The first-order chi connectivity index (χ1) is 10.4. The summed E-state index contributed by atoms with van der Waals surface area (Å²) in [5.74, 6) is -0.0919. The summed E-state index contributed by atoms with van der Waals surface area (Å²) in [6.07, 6.45) is 0. The van der Waals surface area contributed by atoms with Crippen molar-refractivity contribution in [3.05, 3.63) is 27.7 Å². The van der Waals surface area contributed by atoms with Crippen LogP contribution in [0.1, 0.15) is 11.1 Å². The van der Waals surface area contributed by atoms with Crippen molar-refractivity contribution in [1.82, 2.24) is 10.6 Å². The summed E-state index contributed by atoms with van der Waals surface area (Å²) in [5.41, 5.74) is 2.25. The second kappa shape index (κ2) is 9.86. The van der Waals surface area contributed by atoms with Crippen LogP contribution in [0.4, 0.5) is 0 Å². The molecule has 122 valence electrons. The van der Waals surface area contributed by atoms with E-state index in [0.717, 1.165) is 20.5 Å². The SMILES string of the molecule is COCCNC(=O)CNC(=O)CSc1cc(C)c(Br)cc1C. The van der Waals surface area contributed by atoms with Crippen LogP contribution in [0.25, 0.3) is 0 Å². The first kappa shape index (κ1) is 19.0. The Morgan fingerprint density at radius 3 is 2.59 bits per heavy atom. The maximum Gasteiger partial charge on any atom is 0.239 e. The van der Waals surface area contributed by atoms with Gasteiger partial charge in [-0.15, -0.1) is 11.8 Å². The number of hydrogen-bond acceptors (Lipinski definition) is 4. The summed E-state index contributed by atoms with van der Waals surface area (Å²) >= 11 is 4.95. The lowest BCUT2D eigenvalue weighted by Gasteiger charge is -2.09. The molecule has 0 aromatic heterocycles. The molecular weight excluding hydrogens is 368 g/mol. The molecule has 1 aromatic carbocycles. The summed E-state index contributed by atoms with van der Waals surface area (Å²) in [4.78, 5) is 24.3. The first-order valence-corrected chi connectivity index (χ1v) is 8.63. The van der Waals surface area contributed by atoms with Gasteiger partial charge in [0.25, 0.3) is 0 Å². The van der Waals surface area contributed by atoms with Gasteiger partial charge in [0, 0.05) is 23.0 Å². The number of aryl methyl sites for hydroxylation is 2. The molecule has 1 rings (SSSR count). The molecule has 2 amide bonds. The molecule has 0 heterocycles. The van der Waals surface area contributed by atoms with E-state index in [2.05, 4.69) is 32.6 Å². The lowest BCUT2D eigenvalue weighted by molar-refractivity contribution is -0.124. The minimum Gasteiger partial charge on any atom is -0.383 e. The molecule has 0 aliphatic heterocycles. The van der Waals surface area contributed by atoms with Crippen molar-refractivity contribution in [1.29, 1.82) is 0 Å². The number of carbonyl (C=O) groups is 2. The predicted molar refractivity (Wildman–Crippen MR) is 92.2 cm³/mol. The normalized spacial score (nSPS) is 10.4. The highest BCUT2D eigenvalue weighted by molar-refractivity contribution is 9.10. The number of hydrogen-bond donors (Lipinski definition) is 2. The topological polar surface area (TPSA) is 67.4 Å². The van der Waals surface area contributed by atoms with E-state index in [1.807, 2.05) is 19.9 Å². The fraction of sp³-hybridized carbons (Fsp3) is 0.467. The standard InChI is InChI=1S/C15H21BrN2O3S/c1-10-7-13(11(2)6-12(10)16)22-9-15(20)18-8-14(19)17-4-5-21-3/h6-7H,4-5,8-9H2,1-3H3,(H,17,19)(H,18,20). The molecule has 0 saturated heterocycles. The van der Waals surface area contributed by atoms with E-state index in [4.69, 9.17) is 4.74 Å². The molecule has 2 N–H and O–H groups in total. The average molecular weight is 389 g/mol. The highest BCUT2D eigenvalue weighted by Gasteiger charge is 2.08. The Labute approximate surface area is 143 Å². The number of benzene rings is 1. The Kier molecular flexibility index (Phi) is 8.52. The van der Waals surface area contributed by atoms with Gasteiger partial charge in [-0.2, -0.15) is 0 Å². The fourth-order valence-corrected chi connectivity index (χ4v) is 3.03. The Bertz CT molecular complexity index is 538. The minimum atomic E-state index is -0.217. The number of rotatable bonds is 8. The van der Waals surface area contributed by atoms with Gasteiger partial charge in [-0.3, -0.25) is 9.59 Å². The molecular formula is C15H21BrN2O3S. The monoisotopic (exact) mass is 388 g/mol. The number of ether oxygens (including phenoxy) is 1. The number of thioether (sulfide) groups is 1. The van der Waals surface area contributed by atoms with Crippen LogP contribution in [-0.2, 0) is 14.3 Å². The van der Waals surface area contributed by atoms with Gasteiger partial charge in [-0.25, -0.2) is 0 Å². The van der Waals surface area contributed by atoms with Gasteiger partial charge in [-0.05, 0) is 37.1 Å². The van der Waals surface area contributed by atoms with E-state index in [-0.39, 0.29) is 24.1 Å². The van der Waals surface area contributed by atoms with Gasteiger partial charge < -0.3 is 15.4 Å². The molecule has 0 atom stereocenters. The van der Waals surface area contributed by atoms with Crippen LogP contribution in [0.3, 0.4) is 0 Å². The van der Waals surface area contributed by atoms with E-state index >= 15 is 0 Å². The molecule has 7 heteroatoms. The van der Waals surface area contributed by atoms with Crippen molar-refractivity contribution in [2.24, 2.45) is 0 Å². The van der Waals surface area contributed by atoms with Gasteiger partial charge >= 0.3 is 0 Å². The smallest absolute Gasteiger partial charge is 0.239 e. The second-order valence-electron chi connectivity index (χ2n) is 4.78. The molecule has 0 radical (unpaired) electrons. The number of methoxy groups -OCH3 is 1. The molecule has 1 aromatic rings. The number of amides is 2. The van der Waals surface area contributed by atoms with Gasteiger partial charge in [0.15, 0.2) is 0 Å². The molecule has 0 spiro atoms. The van der Waals surface area contributed by atoms with Gasteiger partial charge in [0.1, 0.15) is 0 Å². The van der Waals surface area contributed by atoms with Crippen LogP contribution in [0.2, 0.25) is 0 Å². The van der Waals surface area contributed by atoms with Gasteiger partial charge in [-0.1, -0.05) is 15.9 Å². The van der Waals surface area contributed by atoms with Crippen LogP contribution >= 0.6 is 27.7 Å². The molecule has 0 saturated carbocycles. The highest BCUT2D eigenvalue weighted by atomic mass is 79.9. The third kappa shape index (κ3) is 6.81. The molecule has 0 unspecified atom stereocenters. The number of nitrogens with one attached hydrogen (secondary N) is 2. The van der Waals surface area contributed by atoms with E-state index in [1.165, 1.54) is 11.8 Å². The lowest BCUT2D eigenvalue weighted by Crippen LogP contribution is -2.38. The largest absolute Gasteiger partial charge is 0.383 e. The maximum atomic E-state index is 11.8. The summed E-state index contributed by atoms with van der Waals surface area (Å²) in [7, 11) is 1.57. The molecule has 22 heavy (non-hydrogen) atoms. The summed E-state index contributed by atoms with van der Waals surface area (Å²) in [5, 5.41) is 5.25. The average Bonchev–Trinajstić information content (AvgIpc) is 2.47. The zero-order chi connectivity index (χ0) is 16.5. The van der Waals surface area contributed by atoms with E-state index in [9.17, 15) is 9.59 Å². The van der Waals surface area contributed by atoms with E-state index in [0.29, 0.717) is 13.2 Å². The van der Waals surface area contributed by atoms with Crippen molar-refractivity contribution in [3.8, 4) is 0 Å². The van der Waals surface area contributed by atoms with Crippen molar-refractivity contribution in [3.63, 3.8) is 0 Å². The van der Waals surface area contributed by atoms with Crippen LogP contribution in [0.5, 0.6) is 0 Å². The Balaban J connectivity index is 2.34. The Morgan fingerprint density at radius 1 is 1.18 bits per heavy atom. The van der Waals surface area contributed by atoms with E-state index in [1.54, 1.807) is 7.11 Å². The first-order valence-electron chi connectivity index (χ1n) is 6.86. The van der Waals surface area contributed by atoms with Crippen LogP contribution in [-0.4, -0.2) is 44.4 Å². The lowest BCUT2D eigenvalue weighted by atomic mass is 10.2. The third-order valence-corrected chi connectivity index (χ3v) is 4.90. The zero-order valence-electron chi connectivity index (χ0n) is 13.0. The summed E-state index contributed by atoms with van der Waals surface area (Å²) < 4.78 is 5.89. The quantitative estimate of drug-likeness (QED) is 0.528. The number of carbonyl (C=O) groups excluding carboxylic acids is 2. The van der Waals surface area contributed by atoms with Gasteiger partial charge in [0.05, 0.1) is 18.9 Å². The molecule has 5 nitrogen and oxygen atoms in total. The van der Waals surface area contributed by atoms with E-state index < -0.39 is 0 Å². The molecule has 0 aliphatic rings.